The molecule has 0 aliphatic heterocycles. The second-order valence-electron chi connectivity index (χ2n) is 4.28. The highest BCUT2D eigenvalue weighted by Crippen LogP contribution is 2.30. The monoisotopic (exact) mass is 238 g/mol. The van der Waals surface area contributed by atoms with E-state index in [-0.39, 0.29) is 0 Å². The zero-order valence-electron chi connectivity index (χ0n) is 10.4. The van der Waals surface area contributed by atoms with Crippen molar-refractivity contribution in [3.63, 3.8) is 0 Å². The molecule has 90 valence electrons. The molecule has 1 aromatic carbocycles. The molecular formula is C15H14N2O. The van der Waals surface area contributed by atoms with Gasteiger partial charge in [0.2, 0.25) is 0 Å². The minimum absolute atomic E-state index is 0.844. The smallest absolute Gasteiger partial charge is 0.148 e. The molecule has 18 heavy (non-hydrogen) atoms. The van der Waals surface area contributed by atoms with Crippen LogP contribution in [0.5, 0.6) is 5.75 Å². The average molecular weight is 238 g/mol. The third-order valence-corrected chi connectivity index (χ3v) is 3.03. The summed E-state index contributed by atoms with van der Waals surface area (Å²) < 4.78 is 7.49. The molecule has 0 amide bonds. The van der Waals surface area contributed by atoms with Crippen LogP contribution < -0.4 is 4.74 Å². The van der Waals surface area contributed by atoms with E-state index in [2.05, 4.69) is 22.4 Å². The number of imidazole rings is 1. The number of fused-ring (bicyclic) bond motifs is 1. The molecule has 3 rings (SSSR count). The fourth-order valence-corrected chi connectivity index (χ4v) is 2.14. The Morgan fingerprint density at radius 2 is 2.06 bits per heavy atom. The van der Waals surface area contributed by atoms with E-state index in [1.807, 2.05) is 42.7 Å². The Labute approximate surface area is 106 Å². The van der Waals surface area contributed by atoms with Crippen molar-refractivity contribution in [3.8, 4) is 17.1 Å². The normalized spacial score (nSPS) is 10.8. The number of pyridine rings is 1. The van der Waals surface area contributed by atoms with Crippen LogP contribution in [0.3, 0.4) is 0 Å². The van der Waals surface area contributed by atoms with Gasteiger partial charge in [0.05, 0.1) is 24.4 Å². The first-order chi connectivity index (χ1) is 8.79. The van der Waals surface area contributed by atoms with Crippen LogP contribution in [0.4, 0.5) is 0 Å². The van der Waals surface area contributed by atoms with Crippen molar-refractivity contribution in [1.82, 2.24) is 9.38 Å². The summed E-state index contributed by atoms with van der Waals surface area (Å²) in [6.07, 6.45) is 3.89. The summed E-state index contributed by atoms with van der Waals surface area (Å²) in [5, 5.41) is 0. The van der Waals surface area contributed by atoms with E-state index in [0.717, 1.165) is 22.7 Å². The van der Waals surface area contributed by atoms with Gasteiger partial charge >= 0.3 is 0 Å². The Hall–Kier alpha value is -2.29. The van der Waals surface area contributed by atoms with Gasteiger partial charge in [0.25, 0.3) is 0 Å². The van der Waals surface area contributed by atoms with E-state index in [1.165, 1.54) is 5.56 Å². The minimum Gasteiger partial charge on any atom is -0.496 e. The van der Waals surface area contributed by atoms with E-state index < -0.39 is 0 Å². The maximum Gasteiger partial charge on any atom is 0.148 e. The Kier molecular flexibility index (Phi) is 2.52. The van der Waals surface area contributed by atoms with E-state index in [4.69, 9.17) is 4.74 Å². The molecule has 0 radical (unpaired) electrons. The molecule has 3 nitrogen and oxygen atoms in total. The lowest BCUT2D eigenvalue weighted by molar-refractivity contribution is 0.416. The first kappa shape index (κ1) is 10.8. The summed E-state index contributed by atoms with van der Waals surface area (Å²) in [6, 6.07) is 12.2. The van der Waals surface area contributed by atoms with Gasteiger partial charge in [0.15, 0.2) is 0 Å². The zero-order chi connectivity index (χ0) is 12.5. The number of hydrogen-bond acceptors (Lipinski definition) is 2. The van der Waals surface area contributed by atoms with Crippen molar-refractivity contribution in [2.75, 3.05) is 7.11 Å². The third-order valence-electron chi connectivity index (χ3n) is 3.03. The Balaban J connectivity index is 2.29. The van der Waals surface area contributed by atoms with Crippen LogP contribution in [0.25, 0.3) is 16.9 Å². The molecule has 0 aliphatic rings. The van der Waals surface area contributed by atoms with Crippen molar-refractivity contribution in [2.24, 2.45) is 0 Å². The van der Waals surface area contributed by atoms with Gasteiger partial charge < -0.3 is 4.74 Å². The predicted molar refractivity (Wildman–Crippen MR) is 71.9 cm³/mol. The van der Waals surface area contributed by atoms with Crippen LogP contribution in [0.2, 0.25) is 0 Å². The second-order valence-corrected chi connectivity index (χ2v) is 4.28. The van der Waals surface area contributed by atoms with Crippen LogP contribution in [-0.4, -0.2) is 16.5 Å². The molecule has 0 fully saturated rings. The van der Waals surface area contributed by atoms with Crippen LogP contribution in [-0.2, 0) is 0 Å². The molecule has 3 heteroatoms. The summed E-state index contributed by atoms with van der Waals surface area (Å²) in [5.74, 6) is 1.75. The molecule has 0 aliphatic carbocycles. The summed E-state index contributed by atoms with van der Waals surface area (Å²) >= 11 is 0. The molecule has 3 aromatic rings. The van der Waals surface area contributed by atoms with E-state index >= 15 is 0 Å². The van der Waals surface area contributed by atoms with Gasteiger partial charge in [-0.3, -0.25) is 4.40 Å². The first-order valence-electron chi connectivity index (χ1n) is 5.86. The molecule has 0 unspecified atom stereocenters. The van der Waals surface area contributed by atoms with Gasteiger partial charge in [0, 0.05) is 6.20 Å². The van der Waals surface area contributed by atoms with Crippen LogP contribution in [0.1, 0.15) is 5.56 Å². The van der Waals surface area contributed by atoms with Crippen LogP contribution in [0, 0.1) is 6.92 Å². The Morgan fingerprint density at radius 3 is 2.89 bits per heavy atom. The number of aromatic nitrogens is 2. The molecule has 0 bridgehead atoms. The lowest BCUT2D eigenvalue weighted by Crippen LogP contribution is -1.93. The van der Waals surface area contributed by atoms with Crippen LogP contribution in [0.15, 0.2) is 48.8 Å². The number of ether oxygens (including phenoxy) is 1. The van der Waals surface area contributed by atoms with Gasteiger partial charge in [-0.05, 0) is 31.2 Å². The average Bonchev–Trinajstić information content (AvgIpc) is 2.82. The van der Waals surface area contributed by atoms with Crippen molar-refractivity contribution in [1.29, 1.82) is 0 Å². The van der Waals surface area contributed by atoms with Gasteiger partial charge in [0.1, 0.15) is 11.6 Å². The summed E-state index contributed by atoms with van der Waals surface area (Å²) in [5.41, 5.74) is 3.29. The SMILES string of the molecule is COc1ccc(C)cc1-c1ncc2ccccn12. The highest BCUT2D eigenvalue weighted by atomic mass is 16.5. The molecule has 0 saturated carbocycles. The zero-order valence-corrected chi connectivity index (χ0v) is 10.4. The number of rotatable bonds is 2. The topological polar surface area (TPSA) is 26.5 Å². The van der Waals surface area contributed by atoms with Crippen molar-refractivity contribution in [2.45, 2.75) is 6.92 Å². The van der Waals surface area contributed by atoms with Gasteiger partial charge in [-0.2, -0.15) is 0 Å². The van der Waals surface area contributed by atoms with E-state index in [0.29, 0.717) is 0 Å². The molecule has 0 N–H and O–H groups in total. The number of nitrogens with zero attached hydrogens (tertiary/aromatic N) is 2. The Bertz CT molecular complexity index is 701. The molecule has 0 spiro atoms. The fraction of sp³-hybridized carbons (Fsp3) is 0.133. The summed E-state index contributed by atoms with van der Waals surface area (Å²) in [6.45, 7) is 2.07. The maximum atomic E-state index is 5.42. The lowest BCUT2D eigenvalue weighted by atomic mass is 10.1. The molecule has 0 saturated heterocycles. The molecule has 0 atom stereocenters. The van der Waals surface area contributed by atoms with Crippen molar-refractivity contribution in [3.05, 3.63) is 54.4 Å². The van der Waals surface area contributed by atoms with E-state index in [1.54, 1.807) is 7.11 Å². The second kappa shape index (κ2) is 4.18. The number of aryl methyl sites for hydroxylation is 1. The quantitative estimate of drug-likeness (QED) is 0.684. The molecule has 2 heterocycles. The number of methoxy groups -OCH3 is 1. The minimum atomic E-state index is 0.844. The van der Waals surface area contributed by atoms with Gasteiger partial charge in [-0.25, -0.2) is 4.98 Å². The lowest BCUT2D eigenvalue weighted by Gasteiger charge is -2.08. The summed E-state index contributed by atoms with van der Waals surface area (Å²) in [4.78, 5) is 4.50. The summed E-state index contributed by atoms with van der Waals surface area (Å²) in [7, 11) is 1.68. The standard InChI is InChI=1S/C15H14N2O/c1-11-6-7-14(18-2)13(9-11)15-16-10-12-5-3-4-8-17(12)15/h3-10H,1-2H3. The predicted octanol–water partition coefficient (Wildman–Crippen LogP) is 3.32. The van der Waals surface area contributed by atoms with Crippen LogP contribution >= 0.6 is 0 Å². The highest BCUT2D eigenvalue weighted by molar-refractivity contribution is 5.69. The largest absolute Gasteiger partial charge is 0.496 e. The van der Waals surface area contributed by atoms with Crippen molar-refractivity contribution >= 4 is 5.52 Å². The van der Waals surface area contributed by atoms with Crippen molar-refractivity contribution < 1.29 is 4.74 Å². The fourth-order valence-electron chi connectivity index (χ4n) is 2.14. The molecule has 2 aromatic heterocycles. The maximum absolute atomic E-state index is 5.42. The first-order valence-corrected chi connectivity index (χ1v) is 5.86. The number of benzene rings is 1. The third kappa shape index (κ3) is 1.64. The number of hydrogen-bond donors (Lipinski definition) is 0. The van der Waals surface area contributed by atoms with Gasteiger partial charge in [-0.1, -0.05) is 17.7 Å². The highest BCUT2D eigenvalue weighted by Gasteiger charge is 2.11. The Morgan fingerprint density at radius 1 is 1.17 bits per heavy atom. The molecular weight excluding hydrogens is 224 g/mol. The van der Waals surface area contributed by atoms with E-state index in [9.17, 15) is 0 Å². The van der Waals surface area contributed by atoms with Gasteiger partial charge in [-0.15, -0.1) is 0 Å².